The summed E-state index contributed by atoms with van der Waals surface area (Å²) in [6.45, 7) is 0.764. The highest BCUT2D eigenvalue weighted by Crippen LogP contribution is 2.33. The topological polar surface area (TPSA) is 99.7 Å². The summed E-state index contributed by atoms with van der Waals surface area (Å²) in [5, 5.41) is 16.6. The number of urea groups is 1. The number of piperazine rings is 1. The number of carbonyl (C=O) groups excluding carboxylic acids is 3. The van der Waals surface area contributed by atoms with Crippen molar-refractivity contribution in [3.8, 4) is 5.75 Å². The number of hydrogen-bond acceptors (Lipinski definition) is 6. The van der Waals surface area contributed by atoms with Crippen LogP contribution in [0.1, 0.15) is 16.7 Å². The SMILES string of the molecule is CN(C)c1c(Cl)cccc1CN1CC2N(C(=O)CN(C)N2C(=O)NCCc2ccccc2)[C@@H](Cc2ccc(O)cc2)C1=O. The fourth-order valence-electron chi connectivity index (χ4n) is 5.94. The molecule has 0 aliphatic carbocycles. The van der Waals surface area contributed by atoms with Gasteiger partial charge in [0.05, 0.1) is 23.8 Å². The maximum Gasteiger partial charge on any atom is 0.333 e. The molecule has 2 aliphatic rings. The summed E-state index contributed by atoms with van der Waals surface area (Å²) in [5.74, 6) is -0.324. The van der Waals surface area contributed by atoms with Gasteiger partial charge in [-0.15, -0.1) is 0 Å². The number of para-hydroxylation sites is 1. The van der Waals surface area contributed by atoms with Crippen molar-refractivity contribution in [3.05, 3.63) is 94.5 Å². The zero-order chi connectivity index (χ0) is 30.7. The first-order valence-electron chi connectivity index (χ1n) is 14.3. The van der Waals surface area contributed by atoms with E-state index in [4.69, 9.17) is 11.6 Å². The van der Waals surface area contributed by atoms with Crippen LogP contribution in [0.4, 0.5) is 10.5 Å². The van der Waals surface area contributed by atoms with Crippen molar-refractivity contribution < 1.29 is 19.5 Å². The molecule has 0 radical (unpaired) electrons. The Morgan fingerprint density at radius 1 is 1.00 bits per heavy atom. The lowest BCUT2D eigenvalue weighted by Gasteiger charge is -2.54. The van der Waals surface area contributed by atoms with Crippen molar-refractivity contribution in [1.29, 1.82) is 0 Å². The predicted octanol–water partition coefficient (Wildman–Crippen LogP) is 3.33. The number of phenolic OH excluding ortho intramolecular Hbond substituents is 1. The number of fused-ring (bicyclic) bond motifs is 1. The normalized spacial score (nSPS) is 18.9. The van der Waals surface area contributed by atoms with Gasteiger partial charge in [0, 0.05) is 40.7 Å². The summed E-state index contributed by atoms with van der Waals surface area (Å²) < 4.78 is 0. The number of likely N-dealkylation sites (N-methyl/N-ethyl adjacent to an activating group) is 1. The molecule has 2 fully saturated rings. The average Bonchev–Trinajstić information content (AvgIpc) is 2.96. The molecule has 2 heterocycles. The van der Waals surface area contributed by atoms with Crippen LogP contribution in [0.2, 0.25) is 5.02 Å². The lowest BCUT2D eigenvalue weighted by Crippen LogP contribution is -2.76. The molecule has 4 amide bonds. The van der Waals surface area contributed by atoms with E-state index >= 15 is 0 Å². The van der Waals surface area contributed by atoms with E-state index < -0.39 is 12.2 Å². The Hall–Kier alpha value is -4.28. The number of hydrogen-bond donors (Lipinski definition) is 2. The molecule has 43 heavy (non-hydrogen) atoms. The molecule has 3 aromatic rings. The number of anilines is 1. The minimum Gasteiger partial charge on any atom is -0.508 e. The number of amides is 4. The number of benzene rings is 3. The van der Waals surface area contributed by atoms with E-state index in [9.17, 15) is 19.5 Å². The number of carbonyl (C=O) groups is 3. The maximum absolute atomic E-state index is 14.2. The van der Waals surface area contributed by atoms with Gasteiger partial charge in [0.15, 0.2) is 0 Å². The van der Waals surface area contributed by atoms with Crippen molar-refractivity contribution >= 4 is 35.1 Å². The minimum atomic E-state index is -0.842. The van der Waals surface area contributed by atoms with Gasteiger partial charge in [-0.1, -0.05) is 66.2 Å². The molecule has 1 unspecified atom stereocenters. The third kappa shape index (κ3) is 6.55. The van der Waals surface area contributed by atoms with Crippen LogP contribution in [0.3, 0.4) is 0 Å². The van der Waals surface area contributed by atoms with Crippen LogP contribution in [0, 0.1) is 0 Å². The Labute approximate surface area is 257 Å². The van der Waals surface area contributed by atoms with Gasteiger partial charge in [0.2, 0.25) is 11.8 Å². The van der Waals surface area contributed by atoms with Crippen molar-refractivity contribution in [1.82, 2.24) is 25.1 Å². The monoisotopic (exact) mass is 604 g/mol. The van der Waals surface area contributed by atoms with Crippen molar-refractivity contribution in [2.75, 3.05) is 45.7 Å². The smallest absolute Gasteiger partial charge is 0.333 e. The number of nitrogens with one attached hydrogen (secondary N) is 1. The fourth-order valence-corrected chi connectivity index (χ4v) is 6.30. The molecule has 2 saturated heterocycles. The predicted molar refractivity (Wildman–Crippen MR) is 165 cm³/mol. The molecule has 226 valence electrons. The summed E-state index contributed by atoms with van der Waals surface area (Å²) in [5.41, 5.74) is 3.56. The molecule has 0 saturated carbocycles. The van der Waals surface area contributed by atoms with E-state index in [0.29, 0.717) is 18.0 Å². The van der Waals surface area contributed by atoms with Gasteiger partial charge in [-0.05, 0) is 41.3 Å². The van der Waals surface area contributed by atoms with Gasteiger partial charge in [-0.25, -0.2) is 14.8 Å². The highest BCUT2D eigenvalue weighted by molar-refractivity contribution is 6.33. The summed E-state index contributed by atoms with van der Waals surface area (Å²) in [4.78, 5) is 46.6. The first-order valence-corrected chi connectivity index (χ1v) is 14.7. The summed E-state index contributed by atoms with van der Waals surface area (Å²) in [6.07, 6.45) is 0.180. The van der Waals surface area contributed by atoms with Crippen LogP contribution in [0.15, 0.2) is 72.8 Å². The standard InChI is InChI=1S/C32H37ClN6O4/c1-35(2)30-24(10-7-11-26(30)33)19-37-20-28-38(27(31(37)42)18-23-12-14-25(40)15-13-23)29(41)21-36(3)39(28)32(43)34-17-16-22-8-5-4-6-9-22/h4-15,27-28,40H,16-21H2,1-3H3,(H,34,43)/t27-,28?/m0/s1. The summed E-state index contributed by atoms with van der Waals surface area (Å²) >= 11 is 6.55. The van der Waals surface area contributed by atoms with E-state index in [0.717, 1.165) is 22.4 Å². The lowest BCUT2D eigenvalue weighted by atomic mass is 9.98. The Kier molecular flexibility index (Phi) is 9.08. The van der Waals surface area contributed by atoms with E-state index in [1.807, 2.05) is 67.5 Å². The van der Waals surface area contributed by atoms with Gasteiger partial charge < -0.3 is 25.1 Å². The van der Waals surface area contributed by atoms with Crippen molar-refractivity contribution in [2.45, 2.75) is 31.6 Å². The van der Waals surface area contributed by atoms with Gasteiger partial charge in [-0.3, -0.25) is 9.59 Å². The second kappa shape index (κ2) is 12.9. The number of aromatic hydroxyl groups is 1. The largest absolute Gasteiger partial charge is 0.508 e. The van der Waals surface area contributed by atoms with Crippen LogP contribution >= 0.6 is 11.6 Å². The maximum atomic E-state index is 14.2. The third-order valence-electron chi connectivity index (χ3n) is 7.92. The number of rotatable bonds is 8. The first-order chi connectivity index (χ1) is 20.6. The van der Waals surface area contributed by atoms with Crippen molar-refractivity contribution in [3.63, 3.8) is 0 Å². The van der Waals surface area contributed by atoms with Crippen LogP contribution in [-0.4, -0.2) is 95.8 Å². The van der Waals surface area contributed by atoms with Crippen LogP contribution in [-0.2, 0) is 29.0 Å². The van der Waals surface area contributed by atoms with E-state index in [1.165, 1.54) is 0 Å². The molecule has 0 aromatic heterocycles. The Bertz CT molecular complexity index is 1470. The minimum absolute atomic E-state index is 0.0406. The lowest BCUT2D eigenvalue weighted by molar-refractivity contribution is -0.187. The Morgan fingerprint density at radius 3 is 2.42 bits per heavy atom. The van der Waals surface area contributed by atoms with Gasteiger partial charge in [-0.2, -0.15) is 0 Å². The Morgan fingerprint density at radius 2 is 1.72 bits per heavy atom. The summed E-state index contributed by atoms with van der Waals surface area (Å²) in [6, 6.07) is 20.9. The van der Waals surface area contributed by atoms with E-state index in [1.54, 1.807) is 51.1 Å². The second-order valence-corrected chi connectivity index (χ2v) is 11.6. The van der Waals surface area contributed by atoms with Crippen LogP contribution in [0.25, 0.3) is 0 Å². The molecule has 3 aromatic carbocycles. The zero-order valence-corrected chi connectivity index (χ0v) is 25.4. The molecule has 0 bridgehead atoms. The van der Waals surface area contributed by atoms with Crippen LogP contribution < -0.4 is 10.2 Å². The Balaban J connectivity index is 1.46. The molecule has 10 nitrogen and oxygen atoms in total. The summed E-state index contributed by atoms with van der Waals surface area (Å²) in [7, 11) is 5.51. The van der Waals surface area contributed by atoms with Gasteiger partial charge in [0.25, 0.3) is 0 Å². The molecule has 0 spiro atoms. The molecular formula is C32H37ClN6O4. The van der Waals surface area contributed by atoms with Gasteiger partial charge in [0.1, 0.15) is 18.0 Å². The second-order valence-electron chi connectivity index (χ2n) is 11.2. The number of phenols is 1. The number of hydrazine groups is 1. The fraction of sp³-hybridized carbons (Fsp3) is 0.344. The first kappa shape index (κ1) is 30.2. The van der Waals surface area contributed by atoms with Crippen molar-refractivity contribution in [2.24, 2.45) is 0 Å². The third-order valence-corrected chi connectivity index (χ3v) is 8.23. The van der Waals surface area contributed by atoms with Crippen LogP contribution in [0.5, 0.6) is 5.75 Å². The zero-order valence-electron chi connectivity index (χ0n) is 24.6. The number of nitrogens with zero attached hydrogens (tertiary/aromatic N) is 5. The average molecular weight is 605 g/mol. The van der Waals surface area contributed by atoms with E-state index in [-0.39, 0.29) is 49.7 Å². The molecule has 11 heteroatoms. The molecule has 5 rings (SSSR count). The van der Waals surface area contributed by atoms with E-state index in [2.05, 4.69) is 5.32 Å². The highest BCUT2D eigenvalue weighted by Gasteiger charge is 2.50. The quantitative estimate of drug-likeness (QED) is 0.409. The molecule has 2 aliphatic heterocycles. The molecule has 2 atom stereocenters. The highest BCUT2D eigenvalue weighted by atomic mass is 35.5. The van der Waals surface area contributed by atoms with Gasteiger partial charge >= 0.3 is 6.03 Å². The molecular weight excluding hydrogens is 568 g/mol. The number of halogens is 1. The molecule has 2 N–H and O–H groups in total.